The first-order valence-electron chi connectivity index (χ1n) is 8.09. The van der Waals surface area contributed by atoms with Crippen LogP contribution in [0.1, 0.15) is 21.7 Å². The SMILES string of the molecule is COCc1c(C(=O)Nc2ccccc2C)nnn1-c1ccc(OC)cc1. The van der Waals surface area contributed by atoms with Gasteiger partial charge in [0.25, 0.3) is 5.91 Å². The Morgan fingerprint density at radius 3 is 2.50 bits per heavy atom. The third kappa shape index (κ3) is 3.57. The summed E-state index contributed by atoms with van der Waals surface area (Å²) in [6.07, 6.45) is 0. The lowest BCUT2D eigenvalue weighted by atomic mass is 10.2. The number of aryl methyl sites for hydroxylation is 1. The number of methoxy groups -OCH3 is 2. The van der Waals surface area contributed by atoms with Gasteiger partial charge in [-0.2, -0.15) is 0 Å². The fourth-order valence-corrected chi connectivity index (χ4v) is 2.57. The molecule has 0 fully saturated rings. The Bertz CT molecular complexity index is 903. The number of rotatable bonds is 6. The summed E-state index contributed by atoms with van der Waals surface area (Å²) < 4.78 is 12.0. The lowest BCUT2D eigenvalue weighted by Gasteiger charge is -2.09. The highest BCUT2D eigenvalue weighted by atomic mass is 16.5. The number of nitrogens with zero attached hydrogens (tertiary/aromatic N) is 3. The molecule has 7 nitrogen and oxygen atoms in total. The van der Waals surface area contributed by atoms with E-state index < -0.39 is 0 Å². The molecule has 134 valence electrons. The third-order valence-corrected chi connectivity index (χ3v) is 3.97. The Labute approximate surface area is 151 Å². The molecule has 1 N–H and O–H groups in total. The quantitative estimate of drug-likeness (QED) is 0.738. The Balaban J connectivity index is 1.93. The van der Waals surface area contributed by atoms with Gasteiger partial charge in [0.2, 0.25) is 0 Å². The van der Waals surface area contributed by atoms with Crippen molar-refractivity contribution in [3.05, 3.63) is 65.5 Å². The van der Waals surface area contributed by atoms with Crippen molar-refractivity contribution in [3.63, 3.8) is 0 Å². The second-order valence-corrected chi connectivity index (χ2v) is 5.70. The molecule has 0 saturated carbocycles. The maximum Gasteiger partial charge on any atom is 0.278 e. The van der Waals surface area contributed by atoms with Gasteiger partial charge in [0, 0.05) is 12.8 Å². The molecular formula is C19H20N4O3. The van der Waals surface area contributed by atoms with E-state index in [-0.39, 0.29) is 18.2 Å². The fourth-order valence-electron chi connectivity index (χ4n) is 2.57. The minimum absolute atomic E-state index is 0.204. The summed E-state index contributed by atoms with van der Waals surface area (Å²) in [6, 6.07) is 14.9. The van der Waals surface area contributed by atoms with Crippen LogP contribution in [0.15, 0.2) is 48.5 Å². The van der Waals surface area contributed by atoms with Crippen LogP contribution in [0.2, 0.25) is 0 Å². The first-order valence-corrected chi connectivity index (χ1v) is 8.09. The number of para-hydroxylation sites is 1. The number of hydrogen-bond acceptors (Lipinski definition) is 5. The molecule has 2 aromatic carbocycles. The Hall–Kier alpha value is -3.19. The molecule has 3 rings (SSSR count). The van der Waals surface area contributed by atoms with Gasteiger partial charge in [-0.15, -0.1) is 5.10 Å². The lowest BCUT2D eigenvalue weighted by Crippen LogP contribution is -2.16. The predicted molar refractivity (Wildman–Crippen MR) is 97.8 cm³/mol. The number of carbonyl (C=O) groups is 1. The minimum atomic E-state index is -0.328. The van der Waals surface area contributed by atoms with Gasteiger partial charge >= 0.3 is 0 Å². The molecule has 0 aliphatic carbocycles. The van der Waals surface area contributed by atoms with Gasteiger partial charge < -0.3 is 14.8 Å². The summed E-state index contributed by atoms with van der Waals surface area (Å²) >= 11 is 0. The van der Waals surface area contributed by atoms with Gasteiger partial charge in [-0.3, -0.25) is 4.79 Å². The number of aromatic nitrogens is 3. The minimum Gasteiger partial charge on any atom is -0.497 e. The van der Waals surface area contributed by atoms with Crippen LogP contribution >= 0.6 is 0 Å². The van der Waals surface area contributed by atoms with Crippen molar-refractivity contribution in [2.75, 3.05) is 19.5 Å². The van der Waals surface area contributed by atoms with Crippen molar-refractivity contribution < 1.29 is 14.3 Å². The van der Waals surface area contributed by atoms with E-state index in [9.17, 15) is 4.79 Å². The average molecular weight is 352 g/mol. The van der Waals surface area contributed by atoms with E-state index in [1.807, 2.05) is 55.5 Å². The summed E-state index contributed by atoms with van der Waals surface area (Å²) in [5.41, 5.74) is 3.27. The van der Waals surface area contributed by atoms with Gasteiger partial charge in [0.05, 0.1) is 19.4 Å². The Morgan fingerprint density at radius 2 is 1.85 bits per heavy atom. The number of nitrogens with one attached hydrogen (secondary N) is 1. The van der Waals surface area contributed by atoms with Crippen LogP contribution in [-0.4, -0.2) is 35.1 Å². The molecule has 3 aromatic rings. The van der Waals surface area contributed by atoms with Crippen molar-refractivity contribution in [1.29, 1.82) is 0 Å². The highest BCUT2D eigenvalue weighted by Crippen LogP contribution is 2.20. The molecule has 0 spiro atoms. The summed E-state index contributed by atoms with van der Waals surface area (Å²) in [5, 5.41) is 11.1. The maximum absolute atomic E-state index is 12.7. The number of benzene rings is 2. The Morgan fingerprint density at radius 1 is 1.12 bits per heavy atom. The smallest absolute Gasteiger partial charge is 0.278 e. The van der Waals surface area contributed by atoms with Crippen LogP contribution in [0.25, 0.3) is 5.69 Å². The predicted octanol–water partition coefficient (Wildman–Crippen LogP) is 2.98. The summed E-state index contributed by atoms with van der Waals surface area (Å²) in [7, 11) is 3.17. The van der Waals surface area contributed by atoms with Crippen LogP contribution in [0.3, 0.4) is 0 Å². The van der Waals surface area contributed by atoms with E-state index in [0.717, 1.165) is 22.7 Å². The Kier molecular flexibility index (Phi) is 5.28. The zero-order valence-corrected chi connectivity index (χ0v) is 14.9. The molecule has 1 heterocycles. The zero-order valence-electron chi connectivity index (χ0n) is 14.9. The summed E-state index contributed by atoms with van der Waals surface area (Å²) in [5.74, 6) is 0.408. The first-order chi connectivity index (χ1) is 12.6. The van der Waals surface area contributed by atoms with Crippen LogP contribution in [0.4, 0.5) is 5.69 Å². The van der Waals surface area contributed by atoms with Gasteiger partial charge in [0.15, 0.2) is 5.69 Å². The molecule has 1 aromatic heterocycles. The molecule has 1 amide bonds. The van der Waals surface area contributed by atoms with Crippen molar-refractivity contribution in [1.82, 2.24) is 15.0 Å². The van der Waals surface area contributed by atoms with Gasteiger partial charge in [0.1, 0.15) is 11.4 Å². The van der Waals surface area contributed by atoms with Gasteiger partial charge in [-0.25, -0.2) is 4.68 Å². The molecule has 26 heavy (non-hydrogen) atoms. The second kappa shape index (κ2) is 7.79. The molecule has 0 aliphatic heterocycles. The van der Waals surface area contributed by atoms with Crippen LogP contribution in [0, 0.1) is 6.92 Å². The average Bonchev–Trinajstić information content (AvgIpc) is 3.08. The highest BCUT2D eigenvalue weighted by molar-refractivity contribution is 6.04. The number of ether oxygens (including phenoxy) is 2. The van der Waals surface area contributed by atoms with Gasteiger partial charge in [-0.1, -0.05) is 23.4 Å². The van der Waals surface area contributed by atoms with E-state index >= 15 is 0 Å². The molecule has 0 saturated heterocycles. The molecule has 0 unspecified atom stereocenters. The topological polar surface area (TPSA) is 78.3 Å². The van der Waals surface area contributed by atoms with Crippen LogP contribution in [-0.2, 0) is 11.3 Å². The van der Waals surface area contributed by atoms with Crippen LogP contribution < -0.4 is 10.1 Å². The standard InChI is InChI=1S/C19H20N4O3/c1-13-6-4-5-7-16(13)20-19(24)18-17(12-25-2)23(22-21-18)14-8-10-15(26-3)11-9-14/h4-11H,12H2,1-3H3,(H,20,24). The van der Waals surface area contributed by atoms with Crippen molar-refractivity contribution >= 4 is 11.6 Å². The van der Waals surface area contributed by atoms with Crippen molar-refractivity contribution in [3.8, 4) is 11.4 Å². The van der Waals surface area contributed by atoms with E-state index in [2.05, 4.69) is 15.6 Å². The maximum atomic E-state index is 12.7. The zero-order chi connectivity index (χ0) is 18.5. The first kappa shape index (κ1) is 17.6. The lowest BCUT2D eigenvalue weighted by molar-refractivity contribution is 0.101. The number of hydrogen-bond donors (Lipinski definition) is 1. The van der Waals surface area contributed by atoms with E-state index in [4.69, 9.17) is 9.47 Å². The van der Waals surface area contributed by atoms with Crippen molar-refractivity contribution in [2.24, 2.45) is 0 Å². The molecule has 0 aliphatic rings. The fraction of sp³-hybridized carbons (Fsp3) is 0.211. The van der Waals surface area contributed by atoms with Crippen LogP contribution in [0.5, 0.6) is 5.75 Å². The second-order valence-electron chi connectivity index (χ2n) is 5.70. The number of anilines is 1. The molecule has 0 atom stereocenters. The molecular weight excluding hydrogens is 332 g/mol. The van der Waals surface area contributed by atoms with E-state index in [0.29, 0.717) is 5.69 Å². The normalized spacial score (nSPS) is 10.6. The molecule has 7 heteroatoms. The van der Waals surface area contributed by atoms with Crippen molar-refractivity contribution in [2.45, 2.75) is 13.5 Å². The summed E-state index contributed by atoms with van der Waals surface area (Å²) in [6.45, 7) is 2.13. The largest absolute Gasteiger partial charge is 0.497 e. The number of amides is 1. The third-order valence-electron chi connectivity index (χ3n) is 3.97. The van der Waals surface area contributed by atoms with Gasteiger partial charge in [-0.05, 0) is 42.8 Å². The molecule has 0 radical (unpaired) electrons. The summed E-state index contributed by atoms with van der Waals surface area (Å²) in [4.78, 5) is 12.7. The monoisotopic (exact) mass is 352 g/mol. The number of carbonyl (C=O) groups excluding carboxylic acids is 1. The van der Waals surface area contributed by atoms with E-state index in [1.165, 1.54) is 0 Å². The molecule has 0 bridgehead atoms. The highest BCUT2D eigenvalue weighted by Gasteiger charge is 2.21. The van der Waals surface area contributed by atoms with E-state index in [1.54, 1.807) is 18.9 Å².